The molecule has 0 bridgehead atoms. The maximum absolute atomic E-state index is 13.4. The van der Waals surface area contributed by atoms with Gasteiger partial charge >= 0.3 is 6.18 Å². The minimum Gasteiger partial charge on any atom is -0.367 e. The number of benzene rings is 2. The molecule has 2 saturated heterocycles. The number of aromatic nitrogens is 1. The molecule has 1 N–H and O–H groups in total. The van der Waals surface area contributed by atoms with Gasteiger partial charge in [-0.25, -0.2) is 10.0 Å². The maximum Gasteiger partial charge on any atom is 0.417 e. The van der Waals surface area contributed by atoms with E-state index < -0.39 is 35.7 Å². The van der Waals surface area contributed by atoms with Crippen molar-refractivity contribution in [1.29, 1.82) is 0 Å². The summed E-state index contributed by atoms with van der Waals surface area (Å²) in [6.07, 6.45) is -4.89. The highest BCUT2D eigenvalue weighted by Crippen LogP contribution is 2.46. The Morgan fingerprint density at radius 3 is 2.31 bits per heavy atom. The maximum atomic E-state index is 13.4. The van der Waals surface area contributed by atoms with Gasteiger partial charge < -0.3 is 5.32 Å². The van der Waals surface area contributed by atoms with E-state index in [2.05, 4.69) is 10.3 Å². The lowest BCUT2D eigenvalue weighted by atomic mass is 9.90. The summed E-state index contributed by atoms with van der Waals surface area (Å²) in [6, 6.07) is 18.8. The zero-order chi connectivity index (χ0) is 25.4. The topological polar surface area (TPSA) is 74.8 Å². The number of amides is 2. The monoisotopic (exact) mass is 516 g/mol. The quantitative estimate of drug-likeness (QED) is 0.478. The second-order valence-electron chi connectivity index (χ2n) is 8.38. The van der Waals surface area contributed by atoms with Gasteiger partial charge in [0.25, 0.3) is 5.91 Å². The third-order valence-electron chi connectivity index (χ3n) is 6.15. The highest BCUT2D eigenvalue weighted by atomic mass is 35.5. The van der Waals surface area contributed by atoms with Crippen molar-refractivity contribution in [3.8, 4) is 0 Å². The molecule has 3 heterocycles. The minimum atomic E-state index is -4.57. The number of para-hydroxylation sites is 1. The number of pyridine rings is 1. The molecule has 7 nitrogen and oxygen atoms in total. The molecule has 2 fully saturated rings. The molecule has 2 aliphatic heterocycles. The lowest BCUT2D eigenvalue weighted by Crippen LogP contribution is -2.39. The van der Waals surface area contributed by atoms with Crippen LogP contribution in [0.4, 0.5) is 24.7 Å². The van der Waals surface area contributed by atoms with Gasteiger partial charge in [-0.2, -0.15) is 13.2 Å². The lowest BCUT2D eigenvalue weighted by molar-refractivity contribution is -0.143. The molecule has 0 radical (unpaired) electrons. The van der Waals surface area contributed by atoms with Crippen LogP contribution in [0.5, 0.6) is 0 Å². The molecule has 2 aliphatic rings. The van der Waals surface area contributed by atoms with Crippen LogP contribution in [0, 0.1) is 5.92 Å². The molecule has 11 heteroatoms. The van der Waals surface area contributed by atoms with Gasteiger partial charge in [0.1, 0.15) is 11.7 Å². The molecule has 2 aromatic carbocycles. The van der Waals surface area contributed by atoms with Gasteiger partial charge in [0.2, 0.25) is 5.91 Å². The van der Waals surface area contributed by atoms with E-state index in [1.165, 1.54) is 0 Å². The Balaban J connectivity index is 1.33. The smallest absolute Gasteiger partial charge is 0.367 e. The normalized spacial score (nSPS) is 21.7. The molecule has 1 aromatic heterocycles. The first-order valence-electron chi connectivity index (χ1n) is 11.1. The van der Waals surface area contributed by atoms with E-state index in [0.29, 0.717) is 6.20 Å². The first-order chi connectivity index (χ1) is 17.3. The average molecular weight is 517 g/mol. The molecular formula is C25H20ClF3N4O3. The Labute approximate surface area is 209 Å². The number of nitrogens with zero attached hydrogens (tertiary/aromatic N) is 3. The predicted octanol–water partition coefficient (Wildman–Crippen LogP) is 4.71. The van der Waals surface area contributed by atoms with Crippen LogP contribution in [0.15, 0.2) is 72.9 Å². The largest absolute Gasteiger partial charge is 0.417 e. The molecule has 186 valence electrons. The van der Waals surface area contributed by atoms with Crippen LogP contribution in [0.25, 0.3) is 0 Å². The second kappa shape index (κ2) is 9.44. The van der Waals surface area contributed by atoms with Crippen molar-refractivity contribution in [2.24, 2.45) is 5.92 Å². The number of hydroxylamine groups is 1. The van der Waals surface area contributed by atoms with Gasteiger partial charge in [-0.3, -0.25) is 19.3 Å². The number of fused-ring (bicyclic) bond motifs is 1. The summed E-state index contributed by atoms with van der Waals surface area (Å²) >= 11 is 5.93. The Morgan fingerprint density at radius 2 is 1.67 bits per heavy atom. The van der Waals surface area contributed by atoms with Crippen LogP contribution in [0.3, 0.4) is 0 Å². The average Bonchev–Trinajstić information content (AvgIpc) is 3.37. The molecule has 5 rings (SSSR count). The molecule has 2 amide bonds. The zero-order valence-electron chi connectivity index (χ0n) is 18.7. The second-order valence-corrected chi connectivity index (χ2v) is 8.78. The van der Waals surface area contributed by atoms with E-state index in [9.17, 15) is 22.8 Å². The first-order valence-corrected chi connectivity index (χ1v) is 11.5. The zero-order valence-corrected chi connectivity index (χ0v) is 19.4. The van der Waals surface area contributed by atoms with E-state index in [0.717, 1.165) is 22.2 Å². The van der Waals surface area contributed by atoms with E-state index in [1.807, 2.05) is 60.7 Å². The number of hydrogen-bond donors (Lipinski definition) is 1. The van der Waals surface area contributed by atoms with Gasteiger partial charge in [0.05, 0.1) is 22.3 Å². The van der Waals surface area contributed by atoms with Crippen molar-refractivity contribution >= 4 is 34.9 Å². The summed E-state index contributed by atoms with van der Waals surface area (Å²) in [5.74, 6) is -1.59. The molecular weight excluding hydrogens is 497 g/mol. The highest BCUT2D eigenvalue weighted by Gasteiger charge is 2.59. The van der Waals surface area contributed by atoms with Crippen molar-refractivity contribution in [1.82, 2.24) is 9.88 Å². The number of alkyl halides is 3. The number of anilines is 2. The summed E-state index contributed by atoms with van der Waals surface area (Å²) in [4.78, 5) is 37.5. The molecule has 0 aliphatic carbocycles. The van der Waals surface area contributed by atoms with Gasteiger partial charge in [0, 0.05) is 19.3 Å². The third kappa shape index (κ3) is 4.38. The fraction of sp³-hybridized carbons (Fsp3) is 0.240. The summed E-state index contributed by atoms with van der Waals surface area (Å²) in [6.45, 7) is 0.0211. The van der Waals surface area contributed by atoms with Crippen molar-refractivity contribution in [3.63, 3.8) is 0 Å². The van der Waals surface area contributed by atoms with E-state index in [4.69, 9.17) is 16.4 Å². The standard InChI is InChI=1S/C25H20ClF3N4O3/c26-18-13-16(25(27,28)29)14-31-22(18)30-11-12-32-23(34)19-20(15-7-3-1-4-8-15)33(36-21(19)24(32)35)17-9-5-2-6-10-17/h1-10,13-14,19-21H,11-12H2,(H,30,31)/t19-,20-,21+/m0/s1. The number of carbonyl (C=O) groups is 2. The Hall–Kier alpha value is -3.63. The SMILES string of the molecule is O=C1[C@@H]2[C@@H](ON(c3ccccc3)[C@H]2c2ccccc2)C(=O)N1CCNc1ncc(C(F)(F)F)cc1Cl. The molecule has 0 unspecified atom stereocenters. The van der Waals surface area contributed by atoms with Gasteiger partial charge in [-0.05, 0) is 23.8 Å². The van der Waals surface area contributed by atoms with Gasteiger partial charge in [-0.1, -0.05) is 60.1 Å². The van der Waals surface area contributed by atoms with Crippen LogP contribution in [-0.4, -0.2) is 40.9 Å². The highest BCUT2D eigenvalue weighted by molar-refractivity contribution is 6.33. The van der Waals surface area contributed by atoms with E-state index in [1.54, 1.807) is 5.06 Å². The minimum absolute atomic E-state index is 0.0256. The molecule has 3 atom stereocenters. The number of halogens is 4. The number of carbonyl (C=O) groups excluding carboxylic acids is 2. The fourth-order valence-corrected chi connectivity index (χ4v) is 4.72. The van der Waals surface area contributed by atoms with Crippen molar-refractivity contribution in [3.05, 3.63) is 89.1 Å². The van der Waals surface area contributed by atoms with Crippen molar-refractivity contribution in [2.75, 3.05) is 23.5 Å². The number of likely N-dealkylation sites (tertiary alicyclic amines) is 1. The van der Waals surface area contributed by atoms with Crippen LogP contribution in [0.2, 0.25) is 5.02 Å². The first kappa shape index (κ1) is 24.1. The van der Waals surface area contributed by atoms with Crippen molar-refractivity contribution < 1.29 is 27.6 Å². The Kier molecular flexibility index (Phi) is 6.31. The fourth-order valence-electron chi connectivity index (χ4n) is 4.49. The molecule has 3 aromatic rings. The van der Waals surface area contributed by atoms with Gasteiger partial charge in [0.15, 0.2) is 6.10 Å². The molecule has 36 heavy (non-hydrogen) atoms. The number of rotatable bonds is 6. The summed E-state index contributed by atoms with van der Waals surface area (Å²) in [5.41, 5.74) is 0.580. The predicted molar refractivity (Wildman–Crippen MR) is 126 cm³/mol. The van der Waals surface area contributed by atoms with E-state index >= 15 is 0 Å². The van der Waals surface area contributed by atoms with Gasteiger partial charge in [-0.15, -0.1) is 0 Å². The van der Waals surface area contributed by atoms with Crippen LogP contribution in [0.1, 0.15) is 17.2 Å². The number of imide groups is 1. The molecule has 0 saturated carbocycles. The van der Waals surface area contributed by atoms with Crippen LogP contribution < -0.4 is 10.4 Å². The van der Waals surface area contributed by atoms with Crippen LogP contribution >= 0.6 is 11.6 Å². The summed E-state index contributed by atoms with van der Waals surface area (Å²) < 4.78 is 38.5. The van der Waals surface area contributed by atoms with E-state index in [-0.39, 0.29) is 29.8 Å². The number of nitrogens with one attached hydrogen (secondary N) is 1. The van der Waals surface area contributed by atoms with Crippen molar-refractivity contribution in [2.45, 2.75) is 18.3 Å². The number of hydrogen-bond acceptors (Lipinski definition) is 6. The summed E-state index contributed by atoms with van der Waals surface area (Å²) in [7, 11) is 0. The molecule has 0 spiro atoms. The summed E-state index contributed by atoms with van der Waals surface area (Å²) in [5, 5.41) is 4.19. The Bertz CT molecular complexity index is 1280. The lowest BCUT2D eigenvalue weighted by Gasteiger charge is -2.28. The third-order valence-corrected chi connectivity index (χ3v) is 6.44. The van der Waals surface area contributed by atoms with Crippen LogP contribution in [-0.2, 0) is 20.6 Å². The Morgan fingerprint density at radius 1 is 1.00 bits per heavy atom.